The molecule has 0 radical (unpaired) electrons. The summed E-state index contributed by atoms with van der Waals surface area (Å²) < 4.78 is 20.9. The van der Waals surface area contributed by atoms with Gasteiger partial charge in [-0.2, -0.15) is 0 Å². The molecule has 72 valence electrons. The van der Waals surface area contributed by atoms with E-state index in [-0.39, 0.29) is 12.0 Å². The molecule has 0 aromatic carbocycles. The van der Waals surface area contributed by atoms with Crippen LogP contribution in [0.15, 0.2) is 17.4 Å². The van der Waals surface area contributed by atoms with E-state index >= 15 is 0 Å². The number of likely N-dealkylation sites (N-methyl/N-ethyl adjacent to an activating group) is 1. The molecule has 0 aromatic rings. The zero-order valence-electron chi connectivity index (χ0n) is 11.2. The predicted octanol–water partition coefficient (Wildman–Crippen LogP) is 2.21. The Kier molecular flexibility index (Phi) is 2.94. The summed E-state index contributed by atoms with van der Waals surface area (Å²) in [6.07, 6.45) is 3.02. The van der Waals surface area contributed by atoms with Crippen molar-refractivity contribution < 1.29 is 4.11 Å². The molecule has 3 heteroatoms. The molecule has 0 N–H and O–H groups in total. The van der Waals surface area contributed by atoms with E-state index in [1.807, 2.05) is 20.8 Å². The van der Waals surface area contributed by atoms with Gasteiger partial charge in [0.05, 0.1) is 11.8 Å². The van der Waals surface area contributed by atoms with Gasteiger partial charge in [0, 0.05) is 16.5 Å². The topological polar surface area (TPSA) is 32.7 Å². The smallest absolute Gasteiger partial charge is 0.0579 e. The van der Waals surface area contributed by atoms with E-state index in [0.29, 0.717) is 5.01 Å². The molecule has 0 aromatic heterocycles. The number of allylic oxidation sites excluding steroid dienone is 1. The maximum Gasteiger partial charge on any atom is 0.0579 e. The fraction of sp³-hybridized carbons (Fsp3) is 0.600. The summed E-state index contributed by atoms with van der Waals surface area (Å²) in [6.45, 7) is 3.34. The lowest BCUT2D eigenvalue weighted by Crippen LogP contribution is -2.08. The maximum atomic E-state index is 10.2. The van der Waals surface area contributed by atoms with Crippen LogP contribution >= 0.6 is 0 Å². The van der Waals surface area contributed by atoms with Crippen LogP contribution in [-0.2, 0) is 0 Å². The molecule has 0 aliphatic carbocycles. The molecular formula is C10H16N2O. The standard InChI is InChI=1S/C10H16N2O/c1-10(2,3)8-6-5-7-9-12(4)11-13/h5,7H,9H2,1-4H3/b7-5+/i4D3. The van der Waals surface area contributed by atoms with Gasteiger partial charge in [0.15, 0.2) is 0 Å². The minimum absolute atomic E-state index is 0.0706. The zero-order valence-corrected chi connectivity index (χ0v) is 8.16. The third kappa shape index (κ3) is 8.61. The monoisotopic (exact) mass is 183 g/mol. The Morgan fingerprint density at radius 1 is 1.62 bits per heavy atom. The first-order chi connectivity index (χ1) is 7.17. The molecule has 0 fully saturated rings. The van der Waals surface area contributed by atoms with Gasteiger partial charge < -0.3 is 0 Å². The Balaban J connectivity index is 4.28. The first kappa shape index (κ1) is 7.14. The number of rotatable bonds is 3. The summed E-state index contributed by atoms with van der Waals surface area (Å²) in [5.41, 5.74) is -0.100. The minimum atomic E-state index is -2.50. The quantitative estimate of drug-likeness (QED) is 0.382. The summed E-state index contributed by atoms with van der Waals surface area (Å²) >= 11 is 0. The van der Waals surface area contributed by atoms with Crippen LogP contribution in [0.2, 0.25) is 0 Å². The largest absolute Gasteiger partial charge is 0.260 e. The average Bonchev–Trinajstić information content (AvgIpc) is 2.07. The van der Waals surface area contributed by atoms with Gasteiger partial charge in [-0.25, -0.2) is 0 Å². The normalized spacial score (nSPS) is 15.2. The van der Waals surface area contributed by atoms with Crippen molar-refractivity contribution in [1.82, 2.24) is 5.01 Å². The Bertz CT molecular complexity index is 318. The predicted molar refractivity (Wildman–Crippen MR) is 54.8 cm³/mol. The second-order valence-corrected chi connectivity index (χ2v) is 3.59. The van der Waals surface area contributed by atoms with Crippen LogP contribution in [-0.4, -0.2) is 18.5 Å². The van der Waals surface area contributed by atoms with Gasteiger partial charge >= 0.3 is 0 Å². The van der Waals surface area contributed by atoms with Gasteiger partial charge in [0.1, 0.15) is 0 Å². The molecule has 0 atom stereocenters. The Morgan fingerprint density at radius 2 is 2.31 bits per heavy atom. The highest BCUT2D eigenvalue weighted by atomic mass is 16.3. The molecule has 0 bridgehead atoms. The second kappa shape index (κ2) is 5.36. The molecule has 0 rings (SSSR count). The van der Waals surface area contributed by atoms with Gasteiger partial charge in [0.25, 0.3) is 0 Å². The lowest BCUT2D eigenvalue weighted by atomic mass is 9.98. The number of hydrogen-bond donors (Lipinski definition) is 0. The molecule has 0 aliphatic rings. The van der Waals surface area contributed by atoms with E-state index in [9.17, 15) is 4.91 Å². The molecule has 0 amide bonds. The van der Waals surface area contributed by atoms with E-state index in [1.54, 1.807) is 0 Å². The highest BCUT2D eigenvalue weighted by Gasteiger charge is 2.02. The van der Waals surface area contributed by atoms with Crippen molar-refractivity contribution in [2.75, 3.05) is 13.5 Å². The van der Waals surface area contributed by atoms with Gasteiger partial charge in [-0.05, 0) is 26.8 Å². The van der Waals surface area contributed by atoms with Crippen molar-refractivity contribution in [1.29, 1.82) is 0 Å². The van der Waals surface area contributed by atoms with Crippen LogP contribution in [0.3, 0.4) is 0 Å². The SMILES string of the molecule is [2H]C([2H])([2H])N(C/C=C/C#CC(C)(C)C)N=O. The first-order valence-electron chi connectivity index (χ1n) is 5.45. The third-order valence-corrected chi connectivity index (χ3v) is 1.03. The number of nitrogens with zero attached hydrogens (tertiary/aromatic N) is 2. The van der Waals surface area contributed by atoms with Gasteiger partial charge in [0.2, 0.25) is 0 Å². The first-order valence-corrected chi connectivity index (χ1v) is 3.95. The van der Waals surface area contributed by atoms with Crippen molar-refractivity contribution in [2.24, 2.45) is 10.7 Å². The lowest BCUT2D eigenvalue weighted by Gasteiger charge is -2.06. The molecule has 0 aliphatic heterocycles. The molecule has 13 heavy (non-hydrogen) atoms. The Morgan fingerprint density at radius 3 is 2.77 bits per heavy atom. The Labute approximate surface area is 84.0 Å². The summed E-state index contributed by atoms with van der Waals surface area (Å²) in [7, 11) is 0. The Hall–Kier alpha value is -1.30. The zero-order chi connectivity index (χ0) is 12.8. The van der Waals surface area contributed by atoms with Crippen molar-refractivity contribution in [3.8, 4) is 11.8 Å². The molecule has 0 saturated carbocycles. The van der Waals surface area contributed by atoms with E-state index < -0.39 is 6.98 Å². The van der Waals surface area contributed by atoms with Crippen LogP contribution in [0.4, 0.5) is 0 Å². The van der Waals surface area contributed by atoms with Crippen molar-refractivity contribution in [3.05, 3.63) is 17.1 Å². The van der Waals surface area contributed by atoms with Crippen molar-refractivity contribution >= 4 is 0 Å². The van der Waals surface area contributed by atoms with Crippen molar-refractivity contribution in [2.45, 2.75) is 20.8 Å². The van der Waals surface area contributed by atoms with E-state index in [4.69, 9.17) is 4.11 Å². The summed E-state index contributed by atoms with van der Waals surface area (Å²) in [5, 5.41) is 2.92. The fourth-order valence-electron chi connectivity index (χ4n) is 0.503. The lowest BCUT2D eigenvalue weighted by molar-refractivity contribution is 0.389. The van der Waals surface area contributed by atoms with E-state index in [2.05, 4.69) is 17.1 Å². The number of nitroso groups, excluding NO2 is 1. The van der Waals surface area contributed by atoms with Gasteiger partial charge in [-0.15, -0.1) is 4.91 Å². The van der Waals surface area contributed by atoms with Crippen molar-refractivity contribution in [3.63, 3.8) is 0 Å². The molecule has 0 spiro atoms. The summed E-state index contributed by atoms with van der Waals surface area (Å²) in [5.74, 6) is 5.72. The highest BCUT2D eigenvalue weighted by Crippen LogP contribution is 2.09. The third-order valence-electron chi connectivity index (χ3n) is 1.03. The fourth-order valence-corrected chi connectivity index (χ4v) is 0.503. The summed E-state index contributed by atoms with van der Waals surface area (Å²) in [6, 6.07) is 0. The molecule has 0 saturated heterocycles. The number of hydrogen-bond acceptors (Lipinski definition) is 2. The van der Waals surface area contributed by atoms with E-state index in [0.717, 1.165) is 0 Å². The summed E-state index contributed by atoms with van der Waals surface area (Å²) in [4.78, 5) is 10.2. The maximum absolute atomic E-state index is 10.2. The molecule has 3 nitrogen and oxygen atoms in total. The highest BCUT2D eigenvalue weighted by molar-refractivity contribution is 5.19. The average molecular weight is 183 g/mol. The molecule has 0 heterocycles. The molecular weight excluding hydrogens is 164 g/mol. The van der Waals surface area contributed by atoms with E-state index in [1.165, 1.54) is 12.2 Å². The minimum Gasteiger partial charge on any atom is -0.260 e. The van der Waals surface area contributed by atoms with Crippen LogP contribution in [0.5, 0.6) is 0 Å². The van der Waals surface area contributed by atoms with Gasteiger partial charge in [-0.1, -0.05) is 17.9 Å². The second-order valence-electron chi connectivity index (χ2n) is 3.59. The van der Waals surface area contributed by atoms with Crippen LogP contribution in [0, 0.1) is 22.2 Å². The van der Waals surface area contributed by atoms with Crippen LogP contribution in [0.1, 0.15) is 24.9 Å². The van der Waals surface area contributed by atoms with Crippen LogP contribution < -0.4 is 0 Å². The van der Waals surface area contributed by atoms with Gasteiger partial charge in [-0.3, -0.25) is 5.01 Å². The molecule has 0 unspecified atom stereocenters. The van der Waals surface area contributed by atoms with Crippen LogP contribution in [0.25, 0.3) is 0 Å².